The smallest absolute Gasteiger partial charge is 0.262 e. The van der Waals surface area contributed by atoms with Gasteiger partial charge in [-0.3, -0.25) is 4.79 Å². The molecule has 0 saturated heterocycles. The van der Waals surface area contributed by atoms with Crippen LogP contribution in [0.15, 0.2) is 46.9 Å². The standard InChI is InChI=1S/C17H15BrN2O3/c1-2-22-15-8-12(10-19)14(18)9-16(15)23-11-17(21)20-13-6-4-3-5-7-13/h3-9H,2,11H2,1H3,(H,20,21). The summed E-state index contributed by atoms with van der Waals surface area (Å²) in [5, 5.41) is 11.8. The molecule has 0 aliphatic carbocycles. The molecule has 0 heterocycles. The van der Waals surface area contributed by atoms with E-state index >= 15 is 0 Å². The number of carbonyl (C=O) groups is 1. The van der Waals surface area contributed by atoms with Crippen LogP contribution >= 0.6 is 15.9 Å². The van der Waals surface area contributed by atoms with E-state index < -0.39 is 0 Å². The summed E-state index contributed by atoms with van der Waals surface area (Å²) in [5.41, 5.74) is 1.14. The van der Waals surface area contributed by atoms with Crippen LogP contribution in [-0.4, -0.2) is 19.1 Å². The van der Waals surface area contributed by atoms with E-state index in [4.69, 9.17) is 14.7 Å². The highest BCUT2D eigenvalue weighted by Crippen LogP contribution is 2.33. The largest absolute Gasteiger partial charge is 0.490 e. The molecule has 0 spiro atoms. The van der Waals surface area contributed by atoms with Crippen LogP contribution in [0.4, 0.5) is 5.69 Å². The van der Waals surface area contributed by atoms with Crippen LogP contribution in [-0.2, 0) is 4.79 Å². The van der Waals surface area contributed by atoms with Crippen LogP contribution in [0.25, 0.3) is 0 Å². The zero-order chi connectivity index (χ0) is 16.7. The molecule has 2 aromatic rings. The molecule has 0 bridgehead atoms. The molecule has 2 aromatic carbocycles. The molecular formula is C17H15BrN2O3. The first-order chi connectivity index (χ1) is 11.1. The topological polar surface area (TPSA) is 71.3 Å². The van der Waals surface area contributed by atoms with Crippen LogP contribution in [0.1, 0.15) is 12.5 Å². The Morgan fingerprint density at radius 1 is 1.22 bits per heavy atom. The maximum absolute atomic E-state index is 11.9. The number of nitrogens with zero attached hydrogens (tertiary/aromatic N) is 1. The van der Waals surface area contributed by atoms with Crippen molar-refractivity contribution in [1.29, 1.82) is 5.26 Å². The van der Waals surface area contributed by atoms with Gasteiger partial charge in [-0.2, -0.15) is 5.26 Å². The van der Waals surface area contributed by atoms with Crippen LogP contribution in [0, 0.1) is 11.3 Å². The fourth-order valence-electron chi connectivity index (χ4n) is 1.86. The maximum Gasteiger partial charge on any atom is 0.262 e. The van der Waals surface area contributed by atoms with Crippen molar-refractivity contribution in [2.45, 2.75) is 6.92 Å². The van der Waals surface area contributed by atoms with E-state index in [1.54, 1.807) is 24.3 Å². The number of amides is 1. The van der Waals surface area contributed by atoms with Gasteiger partial charge in [0.1, 0.15) is 6.07 Å². The molecule has 23 heavy (non-hydrogen) atoms. The average Bonchev–Trinajstić information content (AvgIpc) is 2.56. The van der Waals surface area contributed by atoms with E-state index in [1.807, 2.05) is 25.1 Å². The minimum absolute atomic E-state index is 0.159. The third kappa shape index (κ3) is 4.73. The zero-order valence-electron chi connectivity index (χ0n) is 12.5. The quantitative estimate of drug-likeness (QED) is 0.835. The number of hydrogen-bond donors (Lipinski definition) is 1. The summed E-state index contributed by atoms with van der Waals surface area (Å²) in [6.45, 7) is 2.10. The van der Waals surface area contributed by atoms with Crippen molar-refractivity contribution in [3.05, 3.63) is 52.5 Å². The summed E-state index contributed by atoms with van der Waals surface area (Å²) in [6.07, 6.45) is 0. The third-order valence-corrected chi connectivity index (χ3v) is 3.53. The second kappa shape index (κ2) is 8.20. The summed E-state index contributed by atoms with van der Waals surface area (Å²) in [4.78, 5) is 11.9. The molecule has 0 radical (unpaired) electrons. The number of nitrogens with one attached hydrogen (secondary N) is 1. The Morgan fingerprint density at radius 2 is 1.91 bits per heavy atom. The highest BCUT2D eigenvalue weighted by molar-refractivity contribution is 9.10. The van der Waals surface area contributed by atoms with Crippen molar-refractivity contribution in [2.24, 2.45) is 0 Å². The summed E-state index contributed by atoms with van der Waals surface area (Å²) >= 11 is 3.29. The fraction of sp³-hybridized carbons (Fsp3) is 0.176. The van der Waals surface area contributed by atoms with E-state index in [-0.39, 0.29) is 12.5 Å². The lowest BCUT2D eigenvalue weighted by Gasteiger charge is -2.13. The Hall–Kier alpha value is -2.52. The van der Waals surface area contributed by atoms with Gasteiger partial charge >= 0.3 is 0 Å². The zero-order valence-corrected chi connectivity index (χ0v) is 14.1. The molecule has 2 rings (SSSR count). The van der Waals surface area contributed by atoms with E-state index in [0.29, 0.717) is 33.8 Å². The number of para-hydroxylation sites is 1. The number of ether oxygens (including phenoxy) is 2. The normalized spacial score (nSPS) is 9.78. The Morgan fingerprint density at radius 3 is 2.57 bits per heavy atom. The molecule has 6 heteroatoms. The average molecular weight is 375 g/mol. The van der Waals surface area contributed by atoms with Gasteiger partial charge in [0, 0.05) is 16.2 Å². The van der Waals surface area contributed by atoms with Crippen LogP contribution in [0.5, 0.6) is 11.5 Å². The van der Waals surface area contributed by atoms with Gasteiger partial charge in [0.2, 0.25) is 0 Å². The van der Waals surface area contributed by atoms with Gasteiger partial charge in [-0.15, -0.1) is 0 Å². The van der Waals surface area contributed by atoms with E-state index in [9.17, 15) is 4.79 Å². The second-order valence-corrected chi connectivity index (χ2v) is 5.38. The lowest BCUT2D eigenvalue weighted by atomic mass is 10.2. The highest BCUT2D eigenvalue weighted by atomic mass is 79.9. The molecule has 0 aliphatic heterocycles. The Bertz CT molecular complexity index is 727. The molecule has 118 valence electrons. The van der Waals surface area contributed by atoms with Crippen molar-refractivity contribution < 1.29 is 14.3 Å². The lowest BCUT2D eigenvalue weighted by Crippen LogP contribution is -2.20. The molecule has 5 nitrogen and oxygen atoms in total. The van der Waals surface area contributed by atoms with Crippen LogP contribution < -0.4 is 14.8 Å². The predicted octanol–water partition coefficient (Wildman–Crippen LogP) is 3.74. The number of nitriles is 1. The predicted molar refractivity (Wildman–Crippen MR) is 90.6 cm³/mol. The summed E-state index contributed by atoms with van der Waals surface area (Å²) < 4.78 is 11.6. The number of halogens is 1. The second-order valence-electron chi connectivity index (χ2n) is 4.53. The molecule has 0 aromatic heterocycles. The van der Waals surface area contributed by atoms with E-state index in [1.165, 1.54) is 0 Å². The first-order valence-corrected chi connectivity index (χ1v) is 7.77. The summed E-state index contributed by atoms with van der Waals surface area (Å²) in [6, 6.07) is 14.4. The van der Waals surface area contributed by atoms with Gasteiger partial charge in [0.15, 0.2) is 18.1 Å². The number of benzene rings is 2. The number of rotatable bonds is 6. The molecule has 0 unspecified atom stereocenters. The minimum Gasteiger partial charge on any atom is -0.490 e. The van der Waals surface area contributed by atoms with Crippen LogP contribution in [0.3, 0.4) is 0 Å². The molecular weight excluding hydrogens is 360 g/mol. The number of hydrogen-bond acceptors (Lipinski definition) is 4. The van der Waals surface area contributed by atoms with Crippen molar-refractivity contribution in [1.82, 2.24) is 0 Å². The summed E-state index contributed by atoms with van der Waals surface area (Å²) in [7, 11) is 0. The summed E-state index contributed by atoms with van der Waals surface area (Å²) in [5.74, 6) is 0.555. The Labute approximate surface area is 143 Å². The maximum atomic E-state index is 11.9. The SMILES string of the molecule is CCOc1cc(C#N)c(Br)cc1OCC(=O)Nc1ccccc1. The highest BCUT2D eigenvalue weighted by Gasteiger charge is 2.12. The molecule has 0 saturated carbocycles. The monoisotopic (exact) mass is 374 g/mol. The Balaban J connectivity index is 2.06. The van der Waals surface area contributed by atoms with Crippen molar-refractivity contribution >= 4 is 27.5 Å². The third-order valence-electron chi connectivity index (χ3n) is 2.87. The van der Waals surface area contributed by atoms with Gasteiger partial charge < -0.3 is 14.8 Å². The fourth-order valence-corrected chi connectivity index (χ4v) is 2.27. The van der Waals surface area contributed by atoms with Crippen LogP contribution in [0.2, 0.25) is 0 Å². The van der Waals surface area contributed by atoms with E-state index in [0.717, 1.165) is 0 Å². The van der Waals surface area contributed by atoms with Crippen molar-refractivity contribution in [3.63, 3.8) is 0 Å². The van der Waals surface area contributed by atoms with E-state index in [2.05, 4.69) is 27.3 Å². The molecule has 0 atom stereocenters. The number of anilines is 1. The van der Waals surface area contributed by atoms with Gasteiger partial charge in [-0.05, 0) is 41.1 Å². The number of carbonyl (C=O) groups excluding carboxylic acids is 1. The first-order valence-electron chi connectivity index (χ1n) is 6.98. The molecule has 1 amide bonds. The van der Waals surface area contributed by atoms with Gasteiger partial charge in [-0.1, -0.05) is 18.2 Å². The van der Waals surface area contributed by atoms with Gasteiger partial charge in [-0.25, -0.2) is 0 Å². The molecule has 0 aliphatic rings. The Kier molecular flexibility index (Phi) is 6.01. The molecule has 0 fully saturated rings. The first kappa shape index (κ1) is 16.8. The van der Waals surface area contributed by atoms with Crippen molar-refractivity contribution in [2.75, 3.05) is 18.5 Å². The van der Waals surface area contributed by atoms with Gasteiger partial charge in [0.25, 0.3) is 5.91 Å². The lowest BCUT2D eigenvalue weighted by molar-refractivity contribution is -0.118. The van der Waals surface area contributed by atoms with Crippen molar-refractivity contribution in [3.8, 4) is 17.6 Å². The van der Waals surface area contributed by atoms with Gasteiger partial charge in [0.05, 0.1) is 12.2 Å². The molecule has 1 N–H and O–H groups in total. The minimum atomic E-state index is -0.279.